The van der Waals surface area contributed by atoms with E-state index in [1.54, 1.807) is 11.3 Å². The van der Waals surface area contributed by atoms with Crippen molar-refractivity contribution in [1.29, 1.82) is 0 Å². The number of hydrogen-bond donors (Lipinski definition) is 1. The molecule has 5 heteroatoms. The highest BCUT2D eigenvalue weighted by Crippen LogP contribution is 2.27. The summed E-state index contributed by atoms with van der Waals surface area (Å²) in [5.41, 5.74) is 1.07. The van der Waals surface area contributed by atoms with E-state index in [1.165, 1.54) is 30.6 Å². The molecule has 0 unspecified atom stereocenters. The maximum Gasteiger partial charge on any atom is 0.183 e. The van der Waals surface area contributed by atoms with Gasteiger partial charge in [-0.15, -0.1) is 0 Å². The first-order chi connectivity index (χ1) is 8.81. The topological polar surface area (TPSA) is 28.2 Å². The largest absolute Gasteiger partial charge is 0.360 e. The SMILES string of the molecule is Brc1ccc2sc(NCCN3CCCC3)nc2c1. The number of benzene rings is 1. The fourth-order valence-electron chi connectivity index (χ4n) is 2.30. The molecule has 0 saturated carbocycles. The Morgan fingerprint density at radius 1 is 1.33 bits per heavy atom. The van der Waals surface area contributed by atoms with Gasteiger partial charge in [-0.1, -0.05) is 27.3 Å². The number of thiazole rings is 1. The number of anilines is 1. The predicted octanol–water partition coefficient (Wildman–Crippen LogP) is 3.57. The zero-order valence-electron chi connectivity index (χ0n) is 10.2. The van der Waals surface area contributed by atoms with E-state index in [9.17, 15) is 0 Å². The predicted molar refractivity (Wildman–Crippen MR) is 81.5 cm³/mol. The molecule has 1 saturated heterocycles. The minimum absolute atomic E-state index is 0.987. The highest BCUT2D eigenvalue weighted by molar-refractivity contribution is 9.10. The molecular formula is C13H16BrN3S. The molecule has 2 aromatic rings. The summed E-state index contributed by atoms with van der Waals surface area (Å²) in [4.78, 5) is 7.11. The quantitative estimate of drug-likeness (QED) is 0.931. The first kappa shape index (κ1) is 12.4. The van der Waals surface area contributed by atoms with Crippen LogP contribution in [0.4, 0.5) is 5.13 Å². The molecule has 0 bridgehead atoms. The van der Waals surface area contributed by atoms with Gasteiger partial charge in [-0.3, -0.25) is 0 Å². The summed E-state index contributed by atoms with van der Waals surface area (Å²) in [5.74, 6) is 0. The molecule has 18 heavy (non-hydrogen) atoms. The normalized spacial score (nSPS) is 16.5. The van der Waals surface area contributed by atoms with E-state index >= 15 is 0 Å². The lowest BCUT2D eigenvalue weighted by atomic mass is 10.3. The van der Waals surface area contributed by atoms with E-state index in [2.05, 4.69) is 49.3 Å². The monoisotopic (exact) mass is 325 g/mol. The zero-order chi connectivity index (χ0) is 12.4. The summed E-state index contributed by atoms with van der Waals surface area (Å²) in [6.45, 7) is 4.63. The average molecular weight is 326 g/mol. The number of rotatable bonds is 4. The Hall–Kier alpha value is -0.650. The standard InChI is InChI=1S/C13H16BrN3S/c14-10-3-4-12-11(9-10)16-13(18-12)15-5-8-17-6-1-2-7-17/h3-4,9H,1-2,5-8H2,(H,15,16). The third-order valence-corrected chi connectivity index (χ3v) is 4.74. The van der Waals surface area contributed by atoms with Gasteiger partial charge in [-0.25, -0.2) is 4.98 Å². The number of aromatic nitrogens is 1. The maximum atomic E-state index is 4.60. The fourth-order valence-corrected chi connectivity index (χ4v) is 3.52. The Bertz CT molecular complexity index is 534. The average Bonchev–Trinajstić information content (AvgIpc) is 2.97. The van der Waals surface area contributed by atoms with Crippen molar-refractivity contribution >= 4 is 42.6 Å². The number of halogens is 1. The highest BCUT2D eigenvalue weighted by atomic mass is 79.9. The number of nitrogens with zero attached hydrogens (tertiary/aromatic N) is 2. The molecule has 3 nitrogen and oxygen atoms in total. The third kappa shape index (κ3) is 2.84. The van der Waals surface area contributed by atoms with Gasteiger partial charge >= 0.3 is 0 Å². The van der Waals surface area contributed by atoms with Crippen molar-refractivity contribution in [3.63, 3.8) is 0 Å². The van der Waals surface area contributed by atoms with Crippen molar-refractivity contribution in [1.82, 2.24) is 9.88 Å². The summed E-state index contributed by atoms with van der Waals surface area (Å²) in [6.07, 6.45) is 2.71. The number of fused-ring (bicyclic) bond motifs is 1. The molecule has 0 aliphatic carbocycles. The molecule has 1 aromatic heterocycles. The molecule has 0 radical (unpaired) electrons. The van der Waals surface area contributed by atoms with Crippen LogP contribution in [0.2, 0.25) is 0 Å². The Kier molecular flexibility index (Phi) is 3.82. The summed E-state index contributed by atoms with van der Waals surface area (Å²) >= 11 is 5.20. The van der Waals surface area contributed by atoms with Crippen molar-refractivity contribution in [3.05, 3.63) is 22.7 Å². The smallest absolute Gasteiger partial charge is 0.183 e. The first-order valence-electron chi connectivity index (χ1n) is 6.33. The first-order valence-corrected chi connectivity index (χ1v) is 7.94. The van der Waals surface area contributed by atoms with Gasteiger partial charge in [-0.05, 0) is 44.1 Å². The number of hydrogen-bond acceptors (Lipinski definition) is 4. The number of likely N-dealkylation sites (tertiary alicyclic amines) is 1. The van der Waals surface area contributed by atoms with Gasteiger partial charge in [0.05, 0.1) is 10.2 Å². The van der Waals surface area contributed by atoms with Crippen LogP contribution in [0.15, 0.2) is 22.7 Å². The van der Waals surface area contributed by atoms with Crippen LogP contribution in [-0.2, 0) is 0 Å². The van der Waals surface area contributed by atoms with E-state index in [4.69, 9.17) is 0 Å². The van der Waals surface area contributed by atoms with Crippen LogP contribution in [0, 0.1) is 0 Å². The third-order valence-electron chi connectivity index (χ3n) is 3.25. The lowest BCUT2D eigenvalue weighted by Gasteiger charge is -2.13. The molecule has 2 heterocycles. The molecule has 1 N–H and O–H groups in total. The fraction of sp³-hybridized carbons (Fsp3) is 0.462. The lowest BCUT2D eigenvalue weighted by Crippen LogP contribution is -2.25. The van der Waals surface area contributed by atoms with E-state index in [-0.39, 0.29) is 0 Å². The second-order valence-electron chi connectivity index (χ2n) is 4.61. The molecule has 1 aromatic carbocycles. The summed E-state index contributed by atoms with van der Waals surface area (Å²) in [5, 5.41) is 4.46. The van der Waals surface area contributed by atoms with Crippen molar-refractivity contribution in [2.45, 2.75) is 12.8 Å². The molecule has 1 fully saturated rings. The van der Waals surface area contributed by atoms with Crippen molar-refractivity contribution in [2.24, 2.45) is 0 Å². The second kappa shape index (κ2) is 5.55. The summed E-state index contributed by atoms with van der Waals surface area (Å²) in [7, 11) is 0. The van der Waals surface area contributed by atoms with Crippen LogP contribution in [0.5, 0.6) is 0 Å². The van der Waals surface area contributed by atoms with Gasteiger partial charge < -0.3 is 10.2 Å². The minimum Gasteiger partial charge on any atom is -0.360 e. The van der Waals surface area contributed by atoms with Crippen molar-refractivity contribution in [2.75, 3.05) is 31.5 Å². The molecule has 1 aliphatic rings. The van der Waals surface area contributed by atoms with E-state index in [1.807, 2.05) is 0 Å². The van der Waals surface area contributed by atoms with Crippen LogP contribution >= 0.6 is 27.3 Å². The Morgan fingerprint density at radius 3 is 3.00 bits per heavy atom. The van der Waals surface area contributed by atoms with Gasteiger partial charge in [-0.2, -0.15) is 0 Å². The minimum atomic E-state index is 0.987. The molecule has 3 rings (SSSR count). The summed E-state index contributed by atoms with van der Waals surface area (Å²) in [6, 6.07) is 6.24. The molecule has 0 spiro atoms. The van der Waals surface area contributed by atoms with Gasteiger partial charge in [0.15, 0.2) is 5.13 Å². The molecule has 0 amide bonds. The Balaban J connectivity index is 1.60. The zero-order valence-corrected chi connectivity index (χ0v) is 12.6. The van der Waals surface area contributed by atoms with Gasteiger partial charge in [0.25, 0.3) is 0 Å². The van der Waals surface area contributed by atoms with Crippen LogP contribution in [0.1, 0.15) is 12.8 Å². The second-order valence-corrected chi connectivity index (χ2v) is 6.55. The van der Waals surface area contributed by atoms with Gasteiger partial charge in [0, 0.05) is 17.6 Å². The van der Waals surface area contributed by atoms with Crippen molar-refractivity contribution < 1.29 is 0 Å². The maximum absolute atomic E-state index is 4.60. The van der Waals surface area contributed by atoms with Crippen LogP contribution in [0.3, 0.4) is 0 Å². The molecule has 96 valence electrons. The van der Waals surface area contributed by atoms with E-state index < -0.39 is 0 Å². The van der Waals surface area contributed by atoms with Crippen LogP contribution in [-0.4, -0.2) is 36.1 Å². The van der Waals surface area contributed by atoms with E-state index in [0.717, 1.165) is 28.2 Å². The van der Waals surface area contributed by atoms with Crippen LogP contribution in [0.25, 0.3) is 10.2 Å². The Labute approximate surface area is 119 Å². The van der Waals surface area contributed by atoms with Gasteiger partial charge in [0.2, 0.25) is 0 Å². The van der Waals surface area contributed by atoms with Gasteiger partial charge in [0.1, 0.15) is 0 Å². The molecule has 1 aliphatic heterocycles. The van der Waals surface area contributed by atoms with Crippen molar-refractivity contribution in [3.8, 4) is 0 Å². The number of nitrogens with one attached hydrogen (secondary N) is 1. The van der Waals surface area contributed by atoms with E-state index in [0.29, 0.717) is 0 Å². The highest BCUT2D eigenvalue weighted by Gasteiger charge is 2.10. The van der Waals surface area contributed by atoms with Crippen LogP contribution < -0.4 is 5.32 Å². The lowest BCUT2D eigenvalue weighted by molar-refractivity contribution is 0.352. The summed E-state index contributed by atoms with van der Waals surface area (Å²) < 4.78 is 2.32. The molecule has 0 atom stereocenters. The Morgan fingerprint density at radius 2 is 2.17 bits per heavy atom. The molecular weight excluding hydrogens is 310 g/mol.